The lowest BCUT2D eigenvalue weighted by molar-refractivity contribution is 0.519. The van der Waals surface area contributed by atoms with Gasteiger partial charge in [0.05, 0.1) is 0 Å². The molecule has 3 N–H and O–H groups in total. The molecule has 1 rings (SSSR count). The fourth-order valence-corrected chi connectivity index (χ4v) is 1.62. The summed E-state index contributed by atoms with van der Waals surface area (Å²) in [6.45, 7) is 3.96. The second-order valence-corrected chi connectivity index (χ2v) is 3.59. The number of hydrogen-bond acceptors (Lipinski definition) is 3. The summed E-state index contributed by atoms with van der Waals surface area (Å²) in [5, 5.41) is 0. The molecule has 0 aliphatic carbocycles. The zero-order valence-corrected chi connectivity index (χ0v) is 9.25. The number of nitrogens with zero attached hydrogens (tertiary/aromatic N) is 1. The minimum absolute atomic E-state index is 0.0918. The zero-order chi connectivity index (χ0) is 11.3. The lowest BCUT2D eigenvalue weighted by Crippen LogP contribution is -2.28. The van der Waals surface area contributed by atoms with Gasteiger partial charge in [0, 0.05) is 23.9 Å². The number of pyridine rings is 1. The first-order chi connectivity index (χ1) is 7.19. The van der Waals surface area contributed by atoms with Crippen LogP contribution in [0.25, 0.3) is 0 Å². The van der Waals surface area contributed by atoms with Crippen molar-refractivity contribution < 1.29 is 0 Å². The van der Waals surface area contributed by atoms with Crippen molar-refractivity contribution in [3.8, 4) is 12.3 Å². The molecular weight excluding hydrogens is 186 g/mol. The topological polar surface area (TPSA) is 50.9 Å². The van der Waals surface area contributed by atoms with Gasteiger partial charge in [0.2, 0.25) is 0 Å². The van der Waals surface area contributed by atoms with Gasteiger partial charge in [-0.3, -0.25) is 16.3 Å². The number of aromatic nitrogens is 1. The Balaban J connectivity index is 2.87. The van der Waals surface area contributed by atoms with Crippen LogP contribution in [-0.4, -0.2) is 4.98 Å². The lowest BCUT2D eigenvalue weighted by atomic mass is 10.0. The molecular formula is C12H17N3. The molecule has 0 aliphatic rings. The Hall–Kier alpha value is -1.37. The number of rotatable bonds is 4. The van der Waals surface area contributed by atoms with Gasteiger partial charge in [-0.1, -0.05) is 6.07 Å². The largest absolute Gasteiger partial charge is 0.271 e. The number of hydrazine groups is 1. The molecule has 1 aromatic rings. The van der Waals surface area contributed by atoms with E-state index in [2.05, 4.69) is 22.4 Å². The first kappa shape index (κ1) is 11.7. The van der Waals surface area contributed by atoms with Gasteiger partial charge >= 0.3 is 0 Å². The maximum absolute atomic E-state index is 5.51. The third-order valence-electron chi connectivity index (χ3n) is 2.42. The maximum Gasteiger partial charge on any atom is 0.0487 e. The minimum atomic E-state index is 0.0918. The number of terminal acetylenes is 1. The summed E-state index contributed by atoms with van der Waals surface area (Å²) >= 11 is 0. The molecule has 0 bridgehead atoms. The summed E-state index contributed by atoms with van der Waals surface area (Å²) < 4.78 is 0. The fraction of sp³-hybridized carbons (Fsp3) is 0.417. The molecule has 0 amide bonds. The average Bonchev–Trinajstić information content (AvgIpc) is 2.21. The number of nitrogens with two attached hydrogens (primary N) is 1. The van der Waals surface area contributed by atoms with Gasteiger partial charge < -0.3 is 0 Å². The number of aryl methyl sites for hydroxylation is 2. The molecule has 0 saturated carbocycles. The first-order valence-electron chi connectivity index (χ1n) is 5.02. The quantitative estimate of drug-likeness (QED) is 0.444. The smallest absolute Gasteiger partial charge is 0.0487 e. The molecule has 3 nitrogen and oxygen atoms in total. The molecule has 1 atom stereocenters. The van der Waals surface area contributed by atoms with Crippen LogP contribution in [0.15, 0.2) is 12.1 Å². The fourth-order valence-electron chi connectivity index (χ4n) is 1.62. The van der Waals surface area contributed by atoms with E-state index in [0.717, 1.165) is 23.4 Å². The van der Waals surface area contributed by atoms with Crippen LogP contribution >= 0.6 is 0 Å². The number of nitrogens with one attached hydrogen (secondary N) is 1. The molecule has 15 heavy (non-hydrogen) atoms. The maximum atomic E-state index is 5.51. The van der Waals surface area contributed by atoms with Gasteiger partial charge in [-0.15, -0.1) is 12.3 Å². The molecule has 1 aromatic heterocycles. The Bertz CT molecular complexity index is 366. The molecule has 0 saturated heterocycles. The monoisotopic (exact) mass is 203 g/mol. The molecule has 0 aromatic carbocycles. The lowest BCUT2D eigenvalue weighted by Gasteiger charge is -2.17. The second-order valence-electron chi connectivity index (χ2n) is 3.59. The van der Waals surface area contributed by atoms with Crippen molar-refractivity contribution in [1.29, 1.82) is 0 Å². The molecule has 3 heteroatoms. The van der Waals surface area contributed by atoms with Crippen LogP contribution < -0.4 is 11.3 Å². The van der Waals surface area contributed by atoms with Gasteiger partial charge in [-0.05, 0) is 31.9 Å². The van der Waals surface area contributed by atoms with E-state index in [-0.39, 0.29) is 6.04 Å². The molecule has 0 aliphatic heterocycles. The van der Waals surface area contributed by atoms with E-state index >= 15 is 0 Å². The average molecular weight is 203 g/mol. The Morgan fingerprint density at radius 2 is 2.27 bits per heavy atom. The predicted molar refractivity (Wildman–Crippen MR) is 61.8 cm³/mol. The standard InChI is InChI=1S/C12H17N3/c1-4-5-6-12(15-13)11-8-7-9(2)14-10(11)3/h1,7-8,12,15H,5-6,13H2,2-3H3. The highest BCUT2D eigenvalue weighted by atomic mass is 15.2. The van der Waals surface area contributed by atoms with Crippen LogP contribution in [0, 0.1) is 26.2 Å². The zero-order valence-electron chi connectivity index (χ0n) is 9.25. The molecule has 0 fully saturated rings. The summed E-state index contributed by atoms with van der Waals surface area (Å²) in [7, 11) is 0. The van der Waals surface area contributed by atoms with Gasteiger partial charge in [-0.25, -0.2) is 0 Å². The Morgan fingerprint density at radius 3 is 2.80 bits per heavy atom. The summed E-state index contributed by atoms with van der Waals surface area (Å²) in [4.78, 5) is 4.40. The summed E-state index contributed by atoms with van der Waals surface area (Å²) in [5.41, 5.74) is 5.93. The summed E-state index contributed by atoms with van der Waals surface area (Å²) in [6, 6.07) is 4.13. The van der Waals surface area contributed by atoms with Crippen molar-refractivity contribution >= 4 is 0 Å². The van der Waals surface area contributed by atoms with E-state index in [1.807, 2.05) is 19.9 Å². The highest BCUT2D eigenvalue weighted by molar-refractivity contribution is 5.25. The van der Waals surface area contributed by atoms with E-state index < -0.39 is 0 Å². The Morgan fingerprint density at radius 1 is 1.53 bits per heavy atom. The predicted octanol–water partition coefficient (Wildman–Crippen LogP) is 1.62. The Labute approximate surface area is 91.1 Å². The Kier molecular flexibility index (Phi) is 4.29. The third-order valence-corrected chi connectivity index (χ3v) is 2.42. The van der Waals surface area contributed by atoms with E-state index in [9.17, 15) is 0 Å². The van der Waals surface area contributed by atoms with Crippen molar-refractivity contribution in [2.24, 2.45) is 5.84 Å². The van der Waals surface area contributed by atoms with Crippen LogP contribution in [0.1, 0.15) is 35.8 Å². The van der Waals surface area contributed by atoms with Crippen molar-refractivity contribution in [2.45, 2.75) is 32.7 Å². The van der Waals surface area contributed by atoms with E-state index in [0.29, 0.717) is 6.42 Å². The van der Waals surface area contributed by atoms with Crippen molar-refractivity contribution in [1.82, 2.24) is 10.4 Å². The number of hydrogen-bond donors (Lipinski definition) is 2. The second kappa shape index (κ2) is 5.50. The molecule has 1 heterocycles. The van der Waals surface area contributed by atoms with E-state index in [1.54, 1.807) is 0 Å². The van der Waals surface area contributed by atoms with Crippen LogP contribution in [0.3, 0.4) is 0 Å². The molecule has 0 spiro atoms. The van der Waals surface area contributed by atoms with Crippen LogP contribution in [0.4, 0.5) is 0 Å². The minimum Gasteiger partial charge on any atom is -0.271 e. The summed E-state index contributed by atoms with van der Waals surface area (Å²) in [5.74, 6) is 8.12. The van der Waals surface area contributed by atoms with E-state index in [1.165, 1.54) is 0 Å². The summed E-state index contributed by atoms with van der Waals surface area (Å²) in [6.07, 6.45) is 6.78. The van der Waals surface area contributed by atoms with E-state index in [4.69, 9.17) is 12.3 Å². The molecule has 1 unspecified atom stereocenters. The SMILES string of the molecule is C#CCCC(NN)c1ccc(C)nc1C. The third kappa shape index (κ3) is 3.05. The van der Waals surface area contributed by atoms with Crippen LogP contribution in [0.5, 0.6) is 0 Å². The van der Waals surface area contributed by atoms with Crippen molar-refractivity contribution in [3.05, 3.63) is 29.1 Å². The van der Waals surface area contributed by atoms with Gasteiger partial charge in [0.1, 0.15) is 0 Å². The highest BCUT2D eigenvalue weighted by Gasteiger charge is 2.11. The first-order valence-corrected chi connectivity index (χ1v) is 5.02. The van der Waals surface area contributed by atoms with Crippen LogP contribution in [0.2, 0.25) is 0 Å². The molecule has 80 valence electrons. The van der Waals surface area contributed by atoms with Gasteiger partial charge in [0.25, 0.3) is 0 Å². The van der Waals surface area contributed by atoms with Gasteiger partial charge in [-0.2, -0.15) is 0 Å². The van der Waals surface area contributed by atoms with Crippen molar-refractivity contribution in [3.63, 3.8) is 0 Å². The van der Waals surface area contributed by atoms with Crippen LogP contribution in [-0.2, 0) is 0 Å². The highest BCUT2D eigenvalue weighted by Crippen LogP contribution is 2.20. The normalized spacial score (nSPS) is 12.1. The van der Waals surface area contributed by atoms with Gasteiger partial charge in [0.15, 0.2) is 0 Å². The van der Waals surface area contributed by atoms with Crippen molar-refractivity contribution in [2.75, 3.05) is 0 Å². The molecule has 0 radical (unpaired) electrons.